The first-order valence-electron chi connectivity index (χ1n) is 7.93. The van der Waals surface area contributed by atoms with Gasteiger partial charge in [0.15, 0.2) is 5.82 Å². The quantitative estimate of drug-likeness (QED) is 0.644. The lowest BCUT2D eigenvalue weighted by Gasteiger charge is -2.15. The van der Waals surface area contributed by atoms with E-state index in [0.29, 0.717) is 17.4 Å². The van der Waals surface area contributed by atoms with E-state index < -0.39 is 0 Å². The van der Waals surface area contributed by atoms with Gasteiger partial charge in [0.2, 0.25) is 0 Å². The van der Waals surface area contributed by atoms with Crippen molar-refractivity contribution in [2.45, 2.75) is 12.5 Å². The predicted octanol–water partition coefficient (Wildman–Crippen LogP) is 3.54. The van der Waals surface area contributed by atoms with Gasteiger partial charge in [-0.2, -0.15) is 0 Å². The van der Waals surface area contributed by atoms with Gasteiger partial charge in [-0.25, -0.2) is 9.97 Å². The minimum Gasteiger partial charge on any atom is -0.507 e. The molecule has 1 aliphatic rings. The highest BCUT2D eigenvalue weighted by atomic mass is 79.9. The monoisotopic (exact) mass is 384 g/mol. The van der Waals surface area contributed by atoms with Crippen molar-refractivity contribution in [2.24, 2.45) is 0 Å². The standard InChI is InChI=1S/C18H17BrN4O/c19-11-5-6-16(24)14(9-11)18-22-15-4-2-1-3-13(15)17(23-18)21-12-7-8-20-10-12/h1-6,9,12,20,24H,7-8,10H2,(H,21,22,23). The summed E-state index contributed by atoms with van der Waals surface area (Å²) in [4.78, 5) is 9.34. The maximum absolute atomic E-state index is 10.2. The number of fused-ring (bicyclic) bond motifs is 1. The van der Waals surface area contributed by atoms with Crippen LogP contribution in [0.2, 0.25) is 0 Å². The molecule has 2 aromatic carbocycles. The van der Waals surface area contributed by atoms with Crippen LogP contribution >= 0.6 is 15.9 Å². The summed E-state index contributed by atoms with van der Waals surface area (Å²) < 4.78 is 0.876. The number of nitrogens with one attached hydrogen (secondary N) is 2. The largest absolute Gasteiger partial charge is 0.507 e. The van der Waals surface area contributed by atoms with Crippen molar-refractivity contribution in [1.29, 1.82) is 0 Å². The SMILES string of the molecule is Oc1ccc(Br)cc1-c1nc(NC2CCNC2)c2ccccc2n1. The lowest BCUT2D eigenvalue weighted by atomic mass is 10.1. The molecule has 2 heterocycles. The van der Waals surface area contributed by atoms with Crippen LogP contribution in [0, 0.1) is 0 Å². The number of phenols is 1. The van der Waals surface area contributed by atoms with Crippen molar-refractivity contribution in [2.75, 3.05) is 18.4 Å². The van der Waals surface area contributed by atoms with Gasteiger partial charge in [0.1, 0.15) is 11.6 Å². The molecule has 1 saturated heterocycles. The number of rotatable bonds is 3. The number of anilines is 1. The van der Waals surface area contributed by atoms with E-state index in [0.717, 1.165) is 40.7 Å². The fourth-order valence-electron chi connectivity index (χ4n) is 2.97. The molecule has 6 heteroatoms. The van der Waals surface area contributed by atoms with Crippen LogP contribution in [0.3, 0.4) is 0 Å². The van der Waals surface area contributed by atoms with Crippen molar-refractivity contribution < 1.29 is 5.11 Å². The Morgan fingerprint density at radius 2 is 2.04 bits per heavy atom. The fourth-order valence-corrected chi connectivity index (χ4v) is 3.33. The molecule has 1 unspecified atom stereocenters. The second-order valence-corrected chi connectivity index (χ2v) is 6.82. The molecule has 24 heavy (non-hydrogen) atoms. The van der Waals surface area contributed by atoms with E-state index in [1.807, 2.05) is 30.3 Å². The second-order valence-electron chi connectivity index (χ2n) is 5.91. The highest BCUT2D eigenvalue weighted by Gasteiger charge is 2.18. The molecule has 0 aliphatic carbocycles. The summed E-state index contributed by atoms with van der Waals surface area (Å²) in [5.74, 6) is 1.49. The molecular weight excluding hydrogens is 368 g/mol. The third-order valence-corrected chi connectivity index (χ3v) is 4.70. The molecule has 0 spiro atoms. The fraction of sp³-hybridized carbons (Fsp3) is 0.222. The van der Waals surface area contributed by atoms with Crippen LogP contribution in [0.5, 0.6) is 5.75 Å². The molecule has 3 aromatic rings. The van der Waals surface area contributed by atoms with Gasteiger partial charge in [-0.15, -0.1) is 0 Å². The van der Waals surface area contributed by atoms with Gasteiger partial charge in [-0.3, -0.25) is 0 Å². The van der Waals surface area contributed by atoms with Gasteiger partial charge >= 0.3 is 0 Å². The summed E-state index contributed by atoms with van der Waals surface area (Å²) in [6, 6.07) is 13.6. The predicted molar refractivity (Wildman–Crippen MR) is 99.2 cm³/mol. The van der Waals surface area contributed by atoms with E-state index in [9.17, 15) is 5.11 Å². The van der Waals surface area contributed by atoms with Gasteiger partial charge < -0.3 is 15.7 Å². The summed E-state index contributed by atoms with van der Waals surface area (Å²) in [7, 11) is 0. The summed E-state index contributed by atoms with van der Waals surface area (Å²) in [6.45, 7) is 1.94. The van der Waals surface area contributed by atoms with E-state index in [-0.39, 0.29) is 5.75 Å². The average molecular weight is 385 g/mol. The highest BCUT2D eigenvalue weighted by molar-refractivity contribution is 9.10. The van der Waals surface area contributed by atoms with Crippen molar-refractivity contribution in [1.82, 2.24) is 15.3 Å². The maximum atomic E-state index is 10.2. The van der Waals surface area contributed by atoms with Crippen LogP contribution in [0.25, 0.3) is 22.3 Å². The lowest BCUT2D eigenvalue weighted by Crippen LogP contribution is -2.23. The first kappa shape index (κ1) is 15.4. The van der Waals surface area contributed by atoms with Crippen LogP contribution in [-0.4, -0.2) is 34.2 Å². The Morgan fingerprint density at radius 3 is 2.88 bits per heavy atom. The molecule has 1 aromatic heterocycles. The molecule has 0 saturated carbocycles. The Morgan fingerprint density at radius 1 is 1.17 bits per heavy atom. The minimum absolute atomic E-state index is 0.168. The summed E-state index contributed by atoms with van der Waals surface area (Å²) in [5.41, 5.74) is 1.47. The number of hydrogen-bond acceptors (Lipinski definition) is 5. The molecule has 1 atom stereocenters. The number of hydrogen-bond donors (Lipinski definition) is 3. The van der Waals surface area contributed by atoms with E-state index >= 15 is 0 Å². The Balaban J connectivity index is 1.85. The van der Waals surface area contributed by atoms with Gasteiger partial charge in [0, 0.05) is 22.4 Å². The highest BCUT2D eigenvalue weighted by Crippen LogP contribution is 2.32. The molecule has 0 bridgehead atoms. The molecule has 1 fully saturated rings. The third-order valence-electron chi connectivity index (χ3n) is 4.20. The Kier molecular flexibility index (Phi) is 4.08. The Bertz CT molecular complexity index is 893. The summed E-state index contributed by atoms with van der Waals surface area (Å²) in [6.07, 6.45) is 1.07. The molecule has 0 radical (unpaired) electrons. The van der Waals surface area contributed by atoms with Crippen molar-refractivity contribution >= 4 is 32.7 Å². The van der Waals surface area contributed by atoms with E-state index in [2.05, 4.69) is 31.5 Å². The number of phenolic OH excluding ortho intramolecular Hbond substituents is 1. The van der Waals surface area contributed by atoms with E-state index in [1.54, 1.807) is 12.1 Å². The average Bonchev–Trinajstić information content (AvgIpc) is 3.10. The van der Waals surface area contributed by atoms with E-state index in [4.69, 9.17) is 4.98 Å². The van der Waals surface area contributed by atoms with Gasteiger partial charge in [0.25, 0.3) is 0 Å². The van der Waals surface area contributed by atoms with Gasteiger partial charge in [0.05, 0.1) is 11.1 Å². The molecule has 0 amide bonds. The first-order chi connectivity index (χ1) is 11.7. The lowest BCUT2D eigenvalue weighted by molar-refractivity contribution is 0.477. The second kappa shape index (κ2) is 6.37. The number of aromatic hydroxyl groups is 1. The maximum Gasteiger partial charge on any atom is 0.165 e. The zero-order valence-electron chi connectivity index (χ0n) is 13.0. The van der Waals surface area contributed by atoms with Gasteiger partial charge in [-0.1, -0.05) is 28.1 Å². The van der Waals surface area contributed by atoms with Crippen LogP contribution in [0.1, 0.15) is 6.42 Å². The zero-order chi connectivity index (χ0) is 16.5. The Labute approximate surface area is 148 Å². The van der Waals surface area contributed by atoms with Crippen molar-refractivity contribution in [3.63, 3.8) is 0 Å². The Hall–Kier alpha value is -2.18. The normalized spacial score (nSPS) is 17.3. The number of halogens is 1. The topological polar surface area (TPSA) is 70.1 Å². The third kappa shape index (κ3) is 2.95. The van der Waals surface area contributed by atoms with Crippen molar-refractivity contribution in [3.8, 4) is 17.1 Å². The molecular formula is C18H17BrN4O. The minimum atomic E-state index is 0.168. The number of aromatic nitrogens is 2. The molecule has 5 nitrogen and oxygen atoms in total. The number of benzene rings is 2. The summed E-state index contributed by atoms with van der Waals surface area (Å²) in [5, 5.41) is 18.1. The van der Waals surface area contributed by atoms with Crippen LogP contribution < -0.4 is 10.6 Å². The first-order valence-corrected chi connectivity index (χ1v) is 8.73. The molecule has 1 aliphatic heterocycles. The van der Waals surface area contributed by atoms with Gasteiger partial charge in [-0.05, 0) is 43.3 Å². The molecule has 122 valence electrons. The van der Waals surface area contributed by atoms with Crippen LogP contribution in [-0.2, 0) is 0 Å². The van der Waals surface area contributed by atoms with Crippen LogP contribution in [0.4, 0.5) is 5.82 Å². The number of para-hydroxylation sites is 1. The molecule has 4 rings (SSSR count). The summed E-state index contributed by atoms with van der Waals surface area (Å²) >= 11 is 3.44. The van der Waals surface area contributed by atoms with E-state index in [1.165, 1.54) is 0 Å². The van der Waals surface area contributed by atoms with Crippen LogP contribution in [0.15, 0.2) is 46.9 Å². The number of nitrogens with zero attached hydrogens (tertiary/aromatic N) is 2. The zero-order valence-corrected chi connectivity index (χ0v) is 14.5. The van der Waals surface area contributed by atoms with Crippen molar-refractivity contribution in [3.05, 3.63) is 46.9 Å². The molecule has 3 N–H and O–H groups in total. The smallest absolute Gasteiger partial charge is 0.165 e.